The third kappa shape index (κ3) is 3.54. The van der Waals surface area contributed by atoms with Crippen molar-refractivity contribution in [1.82, 2.24) is 19.8 Å². The highest BCUT2D eigenvalue weighted by Gasteiger charge is 2.31. The molecule has 7 nitrogen and oxygen atoms in total. The number of piperazine rings is 1. The molecule has 1 aromatic carbocycles. The second kappa shape index (κ2) is 7.53. The number of nitrogens with zero attached hydrogens (tertiary/aromatic N) is 4. The Morgan fingerprint density at radius 2 is 1.93 bits per heavy atom. The third-order valence-electron chi connectivity index (χ3n) is 5.33. The summed E-state index contributed by atoms with van der Waals surface area (Å²) < 4.78 is 13.9. The largest absolute Gasteiger partial charge is 0.368 e. The summed E-state index contributed by atoms with van der Waals surface area (Å²) in [6.45, 7) is 0.870. The van der Waals surface area contributed by atoms with Crippen LogP contribution >= 0.6 is 0 Å². The molecule has 1 saturated heterocycles. The van der Waals surface area contributed by atoms with Gasteiger partial charge in [0.25, 0.3) is 5.91 Å². The highest BCUT2D eigenvalue weighted by atomic mass is 19.1. The monoisotopic (exact) mass is 383 g/mol. The summed E-state index contributed by atoms with van der Waals surface area (Å²) in [5.41, 5.74) is 8.27. The van der Waals surface area contributed by atoms with E-state index in [1.807, 2.05) is 0 Å². The molecule has 28 heavy (non-hydrogen) atoms. The van der Waals surface area contributed by atoms with E-state index in [1.54, 1.807) is 23.1 Å². The van der Waals surface area contributed by atoms with Crippen LogP contribution in [0.25, 0.3) is 0 Å². The van der Waals surface area contributed by atoms with Gasteiger partial charge in [-0.3, -0.25) is 9.59 Å². The van der Waals surface area contributed by atoms with Gasteiger partial charge in [-0.1, -0.05) is 18.2 Å². The zero-order chi connectivity index (χ0) is 19.7. The van der Waals surface area contributed by atoms with E-state index < -0.39 is 0 Å². The molecule has 0 radical (unpaired) electrons. The van der Waals surface area contributed by atoms with Crippen LogP contribution in [-0.2, 0) is 24.2 Å². The van der Waals surface area contributed by atoms with E-state index in [4.69, 9.17) is 5.73 Å². The van der Waals surface area contributed by atoms with Crippen LogP contribution in [0.2, 0.25) is 0 Å². The van der Waals surface area contributed by atoms with Crippen molar-refractivity contribution in [2.75, 3.05) is 25.4 Å². The number of rotatable bonds is 3. The summed E-state index contributed by atoms with van der Waals surface area (Å²) in [7, 11) is 0. The molecule has 0 saturated carbocycles. The Hall–Kier alpha value is -3.03. The van der Waals surface area contributed by atoms with Gasteiger partial charge >= 0.3 is 0 Å². The van der Waals surface area contributed by atoms with Crippen LogP contribution < -0.4 is 5.73 Å². The molecule has 0 atom stereocenters. The molecule has 2 heterocycles. The van der Waals surface area contributed by atoms with E-state index in [2.05, 4.69) is 9.97 Å². The van der Waals surface area contributed by atoms with Crippen molar-refractivity contribution in [3.8, 4) is 0 Å². The second-order valence-corrected chi connectivity index (χ2v) is 7.20. The van der Waals surface area contributed by atoms with Crippen molar-refractivity contribution in [1.29, 1.82) is 0 Å². The number of halogens is 1. The Balaban J connectivity index is 1.49. The van der Waals surface area contributed by atoms with E-state index in [-0.39, 0.29) is 36.7 Å². The number of aryl methyl sites for hydroxylation is 1. The number of hydrogen-bond donors (Lipinski definition) is 1. The van der Waals surface area contributed by atoms with E-state index in [1.165, 1.54) is 11.0 Å². The van der Waals surface area contributed by atoms with Gasteiger partial charge in [0.1, 0.15) is 18.1 Å². The van der Waals surface area contributed by atoms with Gasteiger partial charge in [-0.05, 0) is 31.7 Å². The molecule has 1 aromatic heterocycles. The number of nitrogen functional groups attached to an aromatic ring is 1. The number of benzene rings is 1. The van der Waals surface area contributed by atoms with E-state index >= 15 is 0 Å². The Morgan fingerprint density at radius 1 is 1.14 bits per heavy atom. The van der Waals surface area contributed by atoms with E-state index in [0.717, 1.165) is 36.9 Å². The number of amides is 2. The van der Waals surface area contributed by atoms with Crippen LogP contribution in [0.1, 0.15) is 40.2 Å². The molecule has 8 heteroatoms. The molecule has 4 rings (SSSR count). The van der Waals surface area contributed by atoms with Crippen molar-refractivity contribution >= 4 is 17.8 Å². The van der Waals surface area contributed by atoms with Crippen LogP contribution in [0.15, 0.2) is 24.3 Å². The molecular formula is C20H22FN5O2. The van der Waals surface area contributed by atoms with Crippen LogP contribution in [0.5, 0.6) is 0 Å². The van der Waals surface area contributed by atoms with Crippen LogP contribution in [-0.4, -0.2) is 51.2 Å². The first kappa shape index (κ1) is 18.3. The SMILES string of the molecule is Nc1nc2c(c(C(=O)N3CCN(Cc4ccccc4F)C(=O)C3)n1)CCCC2. The van der Waals surface area contributed by atoms with Gasteiger partial charge in [0.05, 0.1) is 0 Å². The molecule has 2 aliphatic rings. The highest BCUT2D eigenvalue weighted by molar-refractivity contribution is 5.97. The highest BCUT2D eigenvalue weighted by Crippen LogP contribution is 2.24. The van der Waals surface area contributed by atoms with E-state index in [0.29, 0.717) is 24.3 Å². The zero-order valence-corrected chi connectivity index (χ0v) is 15.5. The Kier molecular flexibility index (Phi) is 4.93. The molecule has 1 aliphatic carbocycles. The number of nitrogens with two attached hydrogens (primary N) is 1. The van der Waals surface area contributed by atoms with E-state index in [9.17, 15) is 14.0 Å². The summed E-state index contributed by atoms with van der Waals surface area (Å²) in [5, 5.41) is 0. The maximum Gasteiger partial charge on any atom is 0.273 e. The van der Waals surface area contributed by atoms with Crippen molar-refractivity contribution in [2.45, 2.75) is 32.2 Å². The number of anilines is 1. The van der Waals surface area contributed by atoms with Gasteiger partial charge in [0, 0.05) is 36.5 Å². The molecule has 1 fully saturated rings. The maximum absolute atomic E-state index is 13.9. The Labute approximate surface area is 162 Å². The predicted octanol–water partition coefficient (Wildman–Crippen LogP) is 1.56. The van der Waals surface area contributed by atoms with Crippen molar-refractivity contribution in [3.05, 3.63) is 52.6 Å². The summed E-state index contributed by atoms with van der Waals surface area (Å²) in [5.74, 6) is -0.740. The summed E-state index contributed by atoms with van der Waals surface area (Å²) in [6, 6.07) is 6.40. The molecule has 146 valence electrons. The number of fused-ring (bicyclic) bond motifs is 1. The minimum Gasteiger partial charge on any atom is -0.368 e. The van der Waals surface area contributed by atoms with Crippen molar-refractivity contribution in [3.63, 3.8) is 0 Å². The van der Waals surface area contributed by atoms with Gasteiger partial charge in [0.15, 0.2) is 0 Å². The van der Waals surface area contributed by atoms with Gasteiger partial charge in [-0.25, -0.2) is 14.4 Å². The van der Waals surface area contributed by atoms with Gasteiger partial charge < -0.3 is 15.5 Å². The first-order valence-corrected chi connectivity index (χ1v) is 9.48. The molecule has 2 N–H and O–H groups in total. The standard InChI is InChI=1S/C20H22FN5O2/c21-15-7-3-1-5-13(15)11-25-9-10-26(12-17(25)27)19(28)18-14-6-2-4-8-16(14)23-20(22)24-18/h1,3,5,7H,2,4,6,8-12H2,(H2,22,23,24). The minimum atomic E-state index is -0.336. The average molecular weight is 383 g/mol. The number of aromatic nitrogens is 2. The number of hydrogen-bond acceptors (Lipinski definition) is 5. The number of carbonyl (C=O) groups is 2. The zero-order valence-electron chi connectivity index (χ0n) is 15.5. The topological polar surface area (TPSA) is 92.4 Å². The molecule has 1 aliphatic heterocycles. The lowest BCUT2D eigenvalue weighted by molar-refractivity contribution is -0.135. The first-order valence-electron chi connectivity index (χ1n) is 9.48. The molecule has 2 aromatic rings. The van der Waals surface area contributed by atoms with Gasteiger partial charge in [-0.2, -0.15) is 0 Å². The smallest absolute Gasteiger partial charge is 0.273 e. The molecule has 0 spiro atoms. The average Bonchev–Trinajstić information content (AvgIpc) is 2.70. The van der Waals surface area contributed by atoms with Gasteiger partial charge in [0.2, 0.25) is 11.9 Å². The minimum absolute atomic E-state index is 0.0496. The van der Waals surface area contributed by atoms with Crippen LogP contribution in [0, 0.1) is 5.82 Å². The molecular weight excluding hydrogens is 361 g/mol. The van der Waals surface area contributed by atoms with Crippen LogP contribution in [0.3, 0.4) is 0 Å². The molecule has 0 bridgehead atoms. The lowest BCUT2D eigenvalue weighted by atomic mass is 9.94. The van der Waals surface area contributed by atoms with Crippen molar-refractivity contribution in [2.24, 2.45) is 0 Å². The second-order valence-electron chi connectivity index (χ2n) is 7.20. The fraction of sp³-hybridized carbons (Fsp3) is 0.400. The lowest BCUT2D eigenvalue weighted by Crippen LogP contribution is -2.52. The summed E-state index contributed by atoms with van der Waals surface area (Å²) in [6.07, 6.45) is 3.54. The Morgan fingerprint density at radius 3 is 2.71 bits per heavy atom. The fourth-order valence-corrected chi connectivity index (χ4v) is 3.82. The first-order chi connectivity index (χ1) is 13.5. The maximum atomic E-state index is 13.9. The summed E-state index contributed by atoms with van der Waals surface area (Å²) >= 11 is 0. The quantitative estimate of drug-likeness (QED) is 0.868. The normalized spacial score (nSPS) is 16.8. The van der Waals surface area contributed by atoms with Crippen molar-refractivity contribution < 1.29 is 14.0 Å². The number of carbonyl (C=O) groups excluding carboxylic acids is 2. The third-order valence-corrected chi connectivity index (χ3v) is 5.33. The summed E-state index contributed by atoms with van der Waals surface area (Å²) in [4.78, 5) is 37.1. The predicted molar refractivity (Wildman–Crippen MR) is 101 cm³/mol. The van der Waals surface area contributed by atoms with Crippen LogP contribution in [0.4, 0.5) is 10.3 Å². The Bertz CT molecular complexity index is 933. The van der Waals surface area contributed by atoms with Gasteiger partial charge in [-0.15, -0.1) is 0 Å². The molecule has 2 amide bonds. The lowest BCUT2D eigenvalue weighted by Gasteiger charge is -2.34. The fourth-order valence-electron chi connectivity index (χ4n) is 3.82. The molecule has 0 unspecified atom stereocenters.